The Labute approximate surface area is 182 Å². The quantitative estimate of drug-likeness (QED) is 0.541. The topological polar surface area (TPSA) is 80.2 Å². The fraction of sp³-hybridized carbons (Fsp3) is 0.348. The van der Waals surface area contributed by atoms with Crippen molar-refractivity contribution in [3.05, 3.63) is 60.3 Å². The molecule has 2 atom stereocenters. The molecule has 31 heavy (non-hydrogen) atoms. The number of amides is 1. The molecule has 0 saturated heterocycles. The van der Waals surface area contributed by atoms with Gasteiger partial charge in [-0.2, -0.15) is 0 Å². The van der Waals surface area contributed by atoms with Crippen LogP contribution in [-0.4, -0.2) is 36.9 Å². The van der Waals surface area contributed by atoms with E-state index < -0.39 is 27.4 Å². The van der Waals surface area contributed by atoms with Gasteiger partial charge in [0.1, 0.15) is 0 Å². The van der Waals surface area contributed by atoms with Crippen LogP contribution in [0.5, 0.6) is 0 Å². The van der Waals surface area contributed by atoms with E-state index in [2.05, 4.69) is 10.0 Å². The van der Waals surface area contributed by atoms with Crippen molar-refractivity contribution in [2.45, 2.75) is 45.0 Å². The number of alkyl halides is 1. The first-order valence-electron chi connectivity index (χ1n) is 10.2. The fourth-order valence-corrected chi connectivity index (χ4v) is 3.99. The molecule has 2 unspecified atom stereocenters. The lowest BCUT2D eigenvalue weighted by atomic mass is 10.0. The first kappa shape index (κ1) is 23.0. The largest absolute Gasteiger partial charge is 0.324 e. The van der Waals surface area contributed by atoms with Gasteiger partial charge in [0.2, 0.25) is 10.0 Å². The number of sulfonamides is 1. The number of carbonyl (C=O) groups excluding carboxylic acids is 1. The number of benzene rings is 2. The second-order valence-electron chi connectivity index (χ2n) is 8.00. The smallest absolute Gasteiger partial charge is 0.258 e. The molecule has 6 nitrogen and oxygen atoms in total. The minimum Gasteiger partial charge on any atom is -0.324 e. The summed E-state index contributed by atoms with van der Waals surface area (Å²) >= 11 is 0. The van der Waals surface area contributed by atoms with Gasteiger partial charge in [0.15, 0.2) is 6.17 Å². The third-order valence-corrected chi connectivity index (χ3v) is 7.08. The first-order chi connectivity index (χ1) is 14.6. The summed E-state index contributed by atoms with van der Waals surface area (Å²) < 4.78 is 41.7. The van der Waals surface area contributed by atoms with Crippen LogP contribution in [0.2, 0.25) is 0 Å². The molecule has 0 aliphatic carbocycles. The summed E-state index contributed by atoms with van der Waals surface area (Å²) in [6.07, 6.45) is 0.366. The van der Waals surface area contributed by atoms with Crippen molar-refractivity contribution >= 4 is 32.5 Å². The summed E-state index contributed by atoms with van der Waals surface area (Å²) in [5.41, 5.74) is 3.50. The third-order valence-electron chi connectivity index (χ3n) is 5.27. The van der Waals surface area contributed by atoms with Crippen LogP contribution in [0.1, 0.15) is 39.2 Å². The highest BCUT2D eigenvalue weighted by Gasteiger charge is 2.17. The van der Waals surface area contributed by atoms with Gasteiger partial charge in [-0.3, -0.25) is 4.79 Å². The molecule has 1 aromatic heterocycles. The molecule has 1 heterocycles. The van der Waals surface area contributed by atoms with Crippen molar-refractivity contribution in [3.8, 4) is 5.69 Å². The number of fused-ring (bicyclic) bond motifs is 1. The monoisotopic (exact) mass is 445 g/mol. The van der Waals surface area contributed by atoms with E-state index in [-0.39, 0.29) is 5.92 Å². The fourth-order valence-electron chi connectivity index (χ4n) is 3.18. The minimum atomic E-state index is -3.29. The molecule has 0 aliphatic rings. The summed E-state index contributed by atoms with van der Waals surface area (Å²) in [6, 6.07) is 15.3. The lowest BCUT2D eigenvalue weighted by Gasteiger charge is -2.16. The van der Waals surface area contributed by atoms with Gasteiger partial charge in [-0.15, -0.1) is 0 Å². The number of nitrogens with zero attached hydrogens (tertiary/aromatic N) is 1. The maximum atomic E-state index is 13.1. The van der Waals surface area contributed by atoms with Crippen molar-refractivity contribution in [2.75, 3.05) is 11.9 Å². The number of aromatic nitrogens is 1. The van der Waals surface area contributed by atoms with Gasteiger partial charge in [0, 0.05) is 29.5 Å². The zero-order valence-corrected chi connectivity index (χ0v) is 18.9. The summed E-state index contributed by atoms with van der Waals surface area (Å²) in [5, 5.41) is 3.02. The summed E-state index contributed by atoms with van der Waals surface area (Å²) in [4.78, 5) is 11.6. The molecular weight excluding hydrogens is 417 g/mol. The number of rotatable bonds is 8. The molecule has 0 radical (unpaired) electrons. The standard InChI is InChI=1S/C23H28FN3O3S/c1-15(2)31(29,30)25-14-16(3)18-5-8-21(9-6-18)27-12-11-19-13-20(7-10-22(19)27)26-23(28)17(4)24/h5-13,15-17,25H,14H2,1-4H3,(H,26,28). The maximum Gasteiger partial charge on any atom is 0.258 e. The maximum absolute atomic E-state index is 13.1. The lowest BCUT2D eigenvalue weighted by Crippen LogP contribution is -2.33. The van der Waals surface area contributed by atoms with Crippen LogP contribution in [-0.2, 0) is 14.8 Å². The molecule has 166 valence electrons. The van der Waals surface area contributed by atoms with Gasteiger partial charge in [-0.05, 0) is 68.7 Å². The predicted molar refractivity (Wildman–Crippen MR) is 123 cm³/mol. The predicted octanol–water partition coefficient (Wildman–Crippen LogP) is 4.36. The Morgan fingerprint density at radius 3 is 2.32 bits per heavy atom. The molecule has 0 bridgehead atoms. The molecule has 3 rings (SSSR count). The lowest BCUT2D eigenvalue weighted by molar-refractivity contribution is -0.120. The van der Waals surface area contributed by atoms with E-state index in [1.807, 2.05) is 60.2 Å². The van der Waals surface area contributed by atoms with E-state index in [1.54, 1.807) is 19.9 Å². The second kappa shape index (κ2) is 9.20. The first-order valence-corrected chi connectivity index (χ1v) is 11.8. The molecule has 3 aromatic rings. The Hall–Kier alpha value is -2.71. The zero-order chi connectivity index (χ0) is 22.8. The van der Waals surface area contributed by atoms with Crippen LogP contribution >= 0.6 is 0 Å². The Balaban J connectivity index is 1.75. The molecule has 1 amide bonds. The molecule has 0 fully saturated rings. The molecule has 2 aromatic carbocycles. The van der Waals surface area contributed by atoms with Crippen LogP contribution < -0.4 is 10.0 Å². The van der Waals surface area contributed by atoms with Gasteiger partial charge in [-0.25, -0.2) is 17.5 Å². The Morgan fingerprint density at radius 2 is 1.71 bits per heavy atom. The van der Waals surface area contributed by atoms with Gasteiger partial charge >= 0.3 is 0 Å². The van der Waals surface area contributed by atoms with Gasteiger partial charge < -0.3 is 9.88 Å². The van der Waals surface area contributed by atoms with Crippen LogP contribution in [0.3, 0.4) is 0 Å². The van der Waals surface area contributed by atoms with Gasteiger partial charge in [0.05, 0.1) is 10.8 Å². The Morgan fingerprint density at radius 1 is 1.03 bits per heavy atom. The summed E-state index contributed by atoms with van der Waals surface area (Å²) in [5.74, 6) is -0.632. The highest BCUT2D eigenvalue weighted by molar-refractivity contribution is 7.90. The van der Waals surface area contributed by atoms with E-state index in [9.17, 15) is 17.6 Å². The Kier molecular flexibility index (Phi) is 6.81. The average molecular weight is 446 g/mol. The van der Waals surface area contributed by atoms with E-state index in [0.29, 0.717) is 12.2 Å². The second-order valence-corrected chi connectivity index (χ2v) is 10.3. The average Bonchev–Trinajstić information content (AvgIpc) is 3.15. The van der Waals surface area contributed by atoms with E-state index in [4.69, 9.17) is 0 Å². The normalized spacial score (nSPS) is 14.0. The molecule has 8 heteroatoms. The van der Waals surface area contributed by atoms with Gasteiger partial charge in [-0.1, -0.05) is 19.1 Å². The number of hydrogen-bond donors (Lipinski definition) is 2. The van der Waals surface area contributed by atoms with Crippen molar-refractivity contribution in [2.24, 2.45) is 0 Å². The number of halogens is 1. The number of anilines is 1. The van der Waals surface area contributed by atoms with E-state index in [0.717, 1.165) is 22.2 Å². The van der Waals surface area contributed by atoms with Crippen molar-refractivity contribution in [1.29, 1.82) is 0 Å². The molecule has 0 aliphatic heterocycles. The third kappa shape index (κ3) is 5.32. The minimum absolute atomic E-state index is 0.0352. The van der Waals surface area contributed by atoms with Crippen LogP contribution in [0, 0.1) is 0 Å². The summed E-state index contributed by atoms with van der Waals surface area (Å²) in [7, 11) is -3.29. The molecule has 2 N–H and O–H groups in total. The summed E-state index contributed by atoms with van der Waals surface area (Å²) in [6.45, 7) is 6.84. The van der Waals surface area contributed by atoms with Crippen molar-refractivity contribution < 1.29 is 17.6 Å². The van der Waals surface area contributed by atoms with Crippen LogP contribution in [0.15, 0.2) is 54.7 Å². The number of hydrogen-bond acceptors (Lipinski definition) is 3. The number of nitrogens with one attached hydrogen (secondary N) is 2. The highest BCUT2D eigenvalue weighted by Crippen LogP contribution is 2.25. The highest BCUT2D eigenvalue weighted by atomic mass is 32.2. The van der Waals surface area contributed by atoms with E-state index in [1.165, 1.54) is 6.92 Å². The zero-order valence-electron chi connectivity index (χ0n) is 18.1. The molecule has 0 spiro atoms. The number of carbonyl (C=O) groups is 1. The van der Waals surface area contributed by atoms with Crippen molar-refractivity contribution in [3.63, 3.8) is 0 Å². The van der Waals surface area contributed by atoms with Crippen molar-refractivity contribution in [1.82, 2.24) is 9.29 Å². The van der Waals surface area contributed by atoms with E-state index >= 15 is 0 Å². The molecule has 0 saturated carbocycles. The van der Waals surface area contributed by atoms with Gasteiger partial charge in [0.25, 0.3) is 5.91 Å². The Bertz CT molecular complexity index is 1170. The van der Waals surface area contributed by atoms with Crippen LogP contribution in [0.4, 0.5) is 10.1 Å². The molecular formula is C23H28FN3O3S. The SMILES string of the molecule is CC(F)C(=O)Nc1ccc2c(ccn2-c2ccc(C(C)CNS(=O)(=O)C(C)C)cc2)c1. The van der Waals surface area contributed by atoms with Crippen LogP contribution in [0.25, 0.3) is 16.6 Å².